The first-order valence-corrected chi connectivity index (χ1v) is 6.94. The number of alkyl halides is 3. The van der Waals surface area contributed by atoms with Crippen LogP contribution in [0.4, 0.5) is 13.2 Å². The Bertz CT molecular complexity index is 598. The predicted octanol–water partition coefficient (Wildman–Crippen LogP) is 3.87. The maximum atomic E-state index is 12.7. The Morgan fingerprint density at radius 3 is 2.36 bits per heavy atom. The highest BCUT2D eigenvalue weighted by molar-refractivity contribution is 5.25. The fraction of sp³-hybridized carbons (Fsp3) is 0.294. The van der Waals surface area contributed by atoms with Crippen LogP contribution in [0, 0.1) is 0 Å². The first-order valence-electron chi connectivity index (χ1n) is 6.94. The van der Waals surface area contributed by atoms with E-state index in [1.807, 2.05) is 30.3 Å². The molecule has 0 heterocycles. The molecule has 1 unspecified atom stereocenters. The molecule has 0 saturated carbocycles. The third-order valence-corrected chi connectivity index (χ3v) is 3.38. The summed E-state index contributed by atoms with van der Waals surface area (Å²) in [4.78, 5) is 1.80. The summed E-state index contributed by atoms with van der Waals surface area (Å²) in [6.45, 7) is 0.689. The van der Waals surface area contributed by atoms with Gasteiger partial charge in [0.2, 0.25) is 0 Å². The molecule has 2 rings (SSSR count). The molecule has 0 radical (unpaired) electrons. The van der Waals surface area contributed by atoms with Crippen LogP contribution < -0.4 is 0 Å². The third-order valence-electron chi connectivity index (χ3n) is 3.38. The van der Waals surface area contributed by atoms with Crippen molar-refractivity contribution in [3.8, 4) is 0 Å². The van der Waals surface area contributed by atoms with Gasteiger partial charge < -0.3 is 5.11 Å². The molecule has 0 saturated heterocycles. The zero-order valence-corrected chi connectivity index (χ0v) is 12.2. The van der Waals surface area contributed by atoms with Gasteiger partial charge >= 0.3 is 6.18 Å². The van der Waals surface area contributed by atoms with E-state index in [0.717, 1.165) is 17.7 Å². The van der Waals surface area contributed by atoms with Gasteiger partial charge in [-0.25, -0.2) is 0 Å². The Balaban J connectivity index is 1.99. The minimum Gasteiger partial charge on any atom is -0.387 e. The highest BCUT2D eigenvalue weighted by Crippen LogP contribution is 2.29. The summed E-state index contributed by atoms with van der Waals surface area (Å²) >= 11 is 0. The van der Waals surface area contributed by atoms with E-state index in [1.165, 1.54) is 6.07 Å². The molecule has 0 aliphatic heterocycles. The zero-order chi connectivity index (χ0) is 16.2. The molecule has 0 aliphatic rings. The van der Waals surface area contributed by atoms with Crippen LogP contribution in [0.15, 0.2) is 54.6 Å². The molecule has 0 aromatic heterocycles. The summed E-state index contributed by atoms with van der Waals surface area (Å²) in [7, 11) is 1.77. The minimum atomic E-state index is -4.34. The largest absolute Gasteiger partial charge is 0.416 e. The number of aliphatic hydroxyl groups is 1. The minimum absolute atomic E-state index is 0.341. The van der Waals surface area contributed by atoms with Gasteiger partial charge in [0, 0.05) is 13.1 Å². The quantitative estimate of drug-likeness (QED) is 0.906. The summed E-state index contributed by atoms with van der Waals surface area (Å²) in [6, 6.07) is 14.4. The van der Waals surface area contributed by atoms with Crippen molar-refractivity contribution < 1.29 is 18.3 Å². The topological polar surface area (TPSA) is 23.5 Å². The van der Waals surface area contributed by atoms with Crippen molar-refractivity contribution in [3.05, 3.63) is 71.3 Å². The van der Waals surface area contributed by atoms with Crippen molar-refractivity contribution >= 4 is 0 Å². The normalized spacial score (nSPS) is 13.4. The van der Waals surface area contributed by atoms with Crippen LogP contribution in [-0.4, -0.2) is 23.6 Å². The average Bonchev–Trinajstić information content (AvgIpc) is 2.47. The molecular weight excluding hydrogens is 291 g/mol. The molecule has 5 heteroatoms. The van der Waals surface area contributed by atoms with Crippen molar-refractivity contribution in [2.24, 2.45) is 0 Å². The highest BCUT2D eigenvalue weighted by Gasteiger charge is 2.30. The molecule has 2 aromatic rings. The highest BCUT2D eigenvalue weighted by atomic mass is 19.4. The zero-order valence-electron chi connectivity index (χ0n) is 12.2. The molecule has 0 bridgehead atoms. The lowest BCUT2D eigenvalue weighted by Gasteiger charge is -2.21. The van der Waals surface area contributed by atoms with Crippen LogP contribution in [0.5, 0.6) is 0 Å². The van der Waals surface area contributed by atoms with Crippen molar-refractivity contribution in [1.82, 2.24) is 4.90 Å². The van der Waals surface area contributed by atoms with Gasteiger partial charge in [0.15, 0.2) is 0 Å². The van der Waals surface area contributed by atoms with Crippen LogP contribution in [0.3, 0.4) is 0 Å². The van der Waals surface area contributed by atoms with Crippen LogP contribution >= 0.6 is 0 Å². The van der Waals surface area contributed by atoms with E-state index in [0.29, 0.717) is 18.7 Å². The number of aliphatic hydroxyl groups excluding tert-OH is 1. The molecule has 2 aromatic carbocycles. The van der Waals surface area contributed by atoms with Crippen molar-refractivity contribution in [2.45, 2.75) is 18.8 Å². The van der Waals surface area contributed by atoms with E-state index in [4.69, 9.17) is 0 Å². The maximum absolute atomic E-state index is 12.7. The van der Waals surface area contributed by atoms with Gasteiger partial charge in [0.05, 0.1) is 11.7 Å². The van der Waals surface area contributed by atoms with Gasteiger partial charge in [-0.2, -0.15) is 13.2 Å². The predicted molar refractivity (Wildman–Crippen MR) is 79.2 cm³/mol. The average molecular weight is 309 g/mol. The number of hydrogen-bond acceptors (Lipinski definition) is 2. The molecule has 2 nitrogen and oxygen atoms in total. The maximum Gasteiger partial charge on any atom is 0.416 e. The van der Waals surface area contributed by atoms with E-state index in [-0.39, 0.29) is 0 Å². The molecule has 22 heavy (non-hydrogen) atoms. The number of rotatable bonds is 5. The first kappa shape index (κ1) is 16.5. The fourth-order valence-electron chi connectivity index (χ4n) is 2.30. The molecular formula is C17H18F3NO. The summed E-state index contributed by atoms with van der Waals surface area (Å²) in [6.07, 6.45) is -5.00. The van der Waals surface area contributed by atoms with Crippen LogP contribution in [0.25, 0.3) is 0 Å². The van der Waals surface area contributed by atoms with Crippen LogP contribution in [-0.2, 0) is 12.7 Å². The van der Waals surface area contributed by atoms with E-state index in [1.54, 1.807) is 18.0 Å². The molecule has 0 spiro atoms. The summed E-state index contributed by atoms with van der Waals surface area (Å²) in [5.74, 6) is 0. The second-order valence-electron chi connectivity index (χ2n) is 5.32. The Kier molecular flexibility index (Phi) is 5.21. The molecule has 118 valence electrons. The van der Waals surface area contributed by atoms with Gasteiger partial charge in [-0.05, 0) is 24.2 Å². The Labute approximate surface area is 127 Å². The molecule has 1 N–H and O–H groups in total. The number of benzene rings is 2. The fourth-order valence-corrected chi connectivity index (χ4v) is 2.30. The van der Waals surface area contributed by atoms with E-state index in [2.05, 4.69) is 0 Å². The van der Waals surface area contributed by atoms with Crippen molar-refractivity contribution in [2.75, 3.05) is 13.6 Å². The van der Waals surface area contributed by atoms with Gasteiger partial charge in [-0.1, -0.05) is 48.5 Å². The van der Waals surface area contributed by atoms with Gasteiger partial charge in [0.1, 0.15) is 0 Å². The van der Waals surface area contributed by atoms with Gasteiger partial charge in [0.25, 0.3) is 0 Å². The smallest absolute Gasteiger partial charge is 0.387 e. The van der Waals surface area contributed by atoms with Crippen molar-refractivity contribution in [3.63, 3.8) is 0 Å². The van der Waals surface area contributed by atoms with Crippen LogP contribution in [0.1, 0.15) is 22.8 Å². The van der Waals surface area contributed by atoms with Gasteiger partial charge in [-0.15, -0.1) is 0 Å². The Morgan fingerprint density at radius 1 is 1.05 bits per heavy atom. The molecule has 0 fully saturated rings. The van der Waals surface area contributed by atoms with Crippen molar-refractivity contribution in [1.29, 1.82) is 0 Å². The van der Waals surface area contributed by atoms with E-state index >= 15 is 0 Å². The second kappa shape index (κ2) is 6.94. The molecule has 0 aliphatic carbocycles. The van der Waals surface area contributed by atoms with E-state index in [9.17, 15) is 18.3 Å². The number of likely N-dealkylation sites (N-methyl/N-ethyl adjacent to an activating group) is 1. The van der Waals surface area contributed by atoms with Crippen LogP contribution in [0.2, 0.25) is 0 Å². The third kappa shape index (κ3) is 4.58. The summed E-state index contributed by atoms with van der Waals surface area (Å²) < 4.78 is 38.0. The second-order valence-corrected chi connectivity index (χ2v) is 5.32. The molecule has 0 amide bonds. The monoisotopic (exact) mass is 309 g/mol. The van der Waals surface area contributed by atoms with Gasteiger partial charge in [-0.3, -0.25) is 4.90 Å². The van der Waals surface area contributed by atoms with E-state index < -0.39 is 17.8 Å². The SMILES string of the molecule is CN(Cc1cccc(C(F)(F)F)c1)CC(O)c1ccccc1. The summed E-state index contributed by atoms with van der Waals surface area (Å²) in [5.41, 5.74) is 0.706. The lowest BCUT2D eigenvalue weighted by atomic mass is 10.1. The number of halogens is 3. The lowest BCUT2D eigenvalue weighted by molar-refractivity contribution is -0.137. The Morgan fingerprint density at radius 2 is 1.73 bits per heavy atom. The summed E-state index contributed by atoms with van der Waals surface area (Å²) in [5, 5.41) is 10.1. The number of nitrogens with zero attached hydrogens (tertiary/aromatic N) is 1. The first-order chi connectivity index (χ1) is 10.4. The Hall–Kier alpha value is -1.85. The lowest BCUT2D eigenvalue weighted by Crippen LogP contribution is -2.24. The standard InChI is InChI=1S/C17H18F3NO/c1-21(12-16(22)14-7-3-2-4-8-14)11-13-6-5-9-15(10-13)17(18,19)20/h2-10,16,22H,11-12H2,1H3. The number of hydrogen-bond donors (Lipinski definition) is 1. The molecule has 1 atom stereocenters.